The highest BCUT2D eigenvalue weighted by Crippen LogP contribution is 2.26. The molecule has 2 aromatic rings. The largest absolute Gasteiger partial charge is 0.380 e. The van der Waals surface area contributed by atoms with Crippen molar-refractivity contribution in [1.29, 1.82) is 5.26 Å². The van der Waals surface area contributed by atoms with Gasteiger partial charge in [-0.25, -0.2) is 0 Å². The average Bonchev–Trinajstić information content (AvgIpc) is 2.40. The third-order valence-corrected chi connectivity index (χ3v) is 3.90. The van der Waals surface area contributed by atoms with Crippen LogP contribution in [0.25, 0.3) is 0 Å². The summed E-state index contributed by atoms with van der Waals surface area (Å²) in [5.41, 5.74) is 2.36. The van der Waals surface area contributed by atoms with Crippen molar-refractivity contribution in [3.8, 4) is 6.07 Å². The summed E-state index contributed by atoms with van der Waals surface area (Å²) in [7, 11) is 0. The van der Waals surface area contributed by atoms with Crippen LogP contribution < -0.4 is 5.32 Å². The molecule has 0 saturated heterocycles. The Bertz CT molecular complexity index is 650. The lowest BCUT2D eigenvalue weighted by Gasteiger charge is -2.10. The molecule has 2 rings (SSSR count). The minimum Gasteiger partial charge on any atom is -0.380 e. The van der Waals surface area contributed by atoms with Crippen molar-refractivity contribution in [3.05, 3.63) is 62.0 Å². The zero-order valence-corrected chi connectivity index (χ0v) is 12.9. The molecule has 96 valence electrons. The molecule has 0 atom stereocenters. The summed E-state index contributed by atoms with van der Waals surface area (Å²) in [4.78, 5) is 0. The minimum atomic E-state index is 0.525. The summed E-state index contributed by atoms with van der Waals surface area (Å²) in [5.74, 6) is 0. The maximum absolute atomic E-state index is 8.78. The van der Waals surface area contributed by atoms with Gasteiger partial charge in [0, 0.05) is 16.0 Å². The second-order valence-corrected chi connectivity index (χ2v) is 5.59. The zero-order valence-electron chi connectivity index (χ0n) is 9.75. The van der Waals surface area contributed by atoms with E-state index in [9.17, 15) is 0 Å². The summed E-state index contributed by atoms with van der Waals surface area (Å²) in [6.07, 6.45) is 0. The molecular weight excluding hydrogens is 347 g/mol. The highest BCUT2D eigenvalue weighted by atomic mass is 79.9. The van der Waals surface area contributed by atoms with Gasteiger partial charge in [-0.2, -0.15) is 5.26 Å². The van der Waals surface area contributed by atoms with Gasteiger partial charge < -0.3 is 5.32 Å². The first-order valence-electron chi connectivity index (χ1n) is 5.47. The van der Waals surface area contributed by atoms with E-state index < -0.39 is 0 Å². The first-order chi connectivity index (χ1) is 9.10. The molecule has 0 saturated carbocycles. The molecule has 1 N–H and O–H groups in total. The van der Waals surface area contributed by atoms with Gasteiger partial charge in [0.05, 0.1) is 22.3 Å². The molecular formula is C14H9BrCl2N2. The molecule has 19 heavy (non-hydrogen) atoms. The van der Waals surface area contributed by atoms with Crippen molar-refractivity contribution in [2.24, 2.45) is 0 Å². The Morgan fingerprint density at radius 1 is 1.16 bits per heavy atom. The third kappa shape index (κ3) is 3.63. The minimum absolute atomic E-state index is 0.525. The molecule has 0 fully saturated rings. The lowest BCUT2D eigenvalue weighted by atomic mass is 10.2. The van der Waals surface area contributed by atoms with Crippen molar-refractivity contribution in [3.63, 3.8) is 0 Å². The number of benzene rings is 2. The number of nitrogens with zero attached hydrogens (tertiary/aromatic N) is 1. The van der Waals surface area contributed by atoms with Crippen molar-refractivity contribution < 1.29 is 0 Å². The van der Waals surface area contributed by atoms with E-state index in [0.717, 1.165) is 15.7 Å². The fourth-order valence-corrected chi connectivity index (χ4v) is 2.43. The quantitative estimate of drug-likeness (QED) is 0.817. The van der Waals surface area contributed by atoms with E-state index in [2.05, 4.69) is 21.2 Å². The fraction of sp³-hybridized carbons (Fsp3) is 0.0714. The molecule has 0 aromatic heterocycles. The first-order valence-corrected chi connectivity index (χ1v) is 7.02. The van der Waals surface area contributed by atoms with Gasteiger partial charge in [0.1, 0.15) is 0 Å². The molecule has 0 aliphatic rings. The van der Waals surface area contributed by atoms with E-state index in [1.807, 2.05) is 24.3 Å². The summed E-state index contributed by atoms with van der Waals surface area (Å²) in [6.45, 7) is 0.590. The highest BCUT2D eigenvalue weighted by Gasteiger charge is 2.04. The van der Waals surface area contributed by atoms with Crippen molar-refractivity contribution in [2.75, 3.05) is 5.32 Å². The van der Waals surface area contributed by atoms with Crippen molar-refractivity contribution in [2.45, 2.75) is 6.54 Å². The zero-order chi connectivity index (χ0) is 13.8. The van der Waals surface area contributed by atoms with Crippen LogP contribution in [0.15, 0.2) is 40.9 Å². The van der Waals surface area contributed by atoms with E-state index in [1.165, 1.54) is 0 Å². The van der Waals surface area contributed by atoms with Crippen LogP contribution >= 0.6 is 39.1 Å². The highest BCUT2D eigenvalue weighted by molar-refractivity contribution is 9.10. The summed E-state index contributed by atoms with van der Waals surface area (Å²) in [6, 6.07) is 12.8. The van der Waals surface area contributed by atoms with E-state index in [-0.39, 0.29) is 0 Å². The Kier molecular flexibility index (Phi) is 4.71. The standard InChI is InChI=1S/C14H9BrCl2N2/c15-12-3-2-11(16)6-10(12)8-19-14-4-1-9(7-18)5-13(14)17/h1-6,19H,8H2. The molecule has 0 bridgehead atoms. The van der Waals surface area contributed by atoms with Crippen LogP contribution in [-0.2, 0) is 6.54 Å². The Balaban J connectivity index is 2.15. The van der Waals surface area contributed by atoms with Crippen LogP contribution in [0.5, 0.6) is 0 Å². The number of halogens is 3. The molecule has 0 spiro atoms. The van der Waals surface area contributed by atoms with Crippen molar-refractivity contribution in [1.82, 2.24) is 0 Å². The van der Waals surface area contributed by atoms with Crippen LogP contribution in [0, 0.1) is 11.3 Å². The number of hydrogen-bond donors (Lipinski definition) is 1. The van der Waals surface area contributed by atoms with Gasteiger partial charge in [0.15, 0.2) is 0 Å². The van der Waals surface area contributed by atoms with Crippen LogP contribution in [0.1, 0.15) is 11.1 Å². The second-order valence-electron chi connectivity index (χ2n) is 3.90. The number of rotatable bonds is 3. The van der Waals surface area contributed by atoms with Crippen LogP contribution in [0.3, 0.4) is 0 Å². The smallest absolute Gasteiger partial charge is 0.0992 e. The van der Waals surface area contributed by atoms with Gasteiger partial charge in [0.2, 0.25) is 0 Å². The van der Waals surface area contributed by atoms with E-state index in [4.69, 9.17) is 28.5 Å². The van der Waals surface area contributed by atoms with Crippen LogP contribution in [-0.4, -0.2) is 0 Å². The monoisotopic (exact) mass is 354 g/mol. The van der Waals surface area contributed by atoms with Crippen LogP contribution in [0.2, 0.25) is 10.0 Å². The van der Waals surface area contributed by atoms with Gasteiger partial charge >= 0.3 is 0 Å². The predicted octanol–water partition coefficient (Wildman–Crippen LogP) is 5.24. The normalized spacial score (nSPS) is 10.0. The lowest BCUT2D eigenvalue weighted by molar-refractivity contribution is 1.14. The Morgan fingerprint density at radius 3 is 2.63 bits per heavy atom. The lowest BCUT2D eigenvalue weighted by Crippen LogP contribution is -2.01. The van der Waals surface area contributed by atoms with Gasteiger partial charge in [-0.3, -0.25) is 0 Å². The summed E-state index contributed by atoms with van der Waals surface area (Å²) < 4.78 is 0.981. The van der Waals surface area contributed by atoms with Crippen LogP contribution in [0.4, 0.5) is 5.69 Å². The van der Waals surface area contributed by atoms with Gasteiger partial charge in [-0.1, -0.05) is 39.1 Å². The first kappa shape index (κ1) is 14.2. The Hall–Kier alpha value is -1.21. The molecule has 0 radical (unpaired) electrons. The van der Waals surface area contributed by atoms with Gasteiger partial charge in [0.25, 0.3) is 0 Å². The molecule has 5 heteroatoms. The molecule has 0 unspecified atom stereocenters. The van der Waals surface area contributed by atoms with E-state index >= 15 is 0 Å². The topological polar surface area (TPSA) is 35.8 Å². The summed E-state index contributed by atoms with van der Waals surface area (Å²) in [5, 5.41) is 13.2. The fourth-order valence-electron chi connectivity index (χ4n) is 1.60. The maximum Gasteiger partial charge on any atom is 0.0992 e. The number of hydrogen-bond acceptors (Lipinski definition) is 2. The SMILES string of the molecule is N#Cc1ccc(NCc2cc(Cl)ccc2Br)c(Cl)c1. The van der Waals surface area contributed by atoms with Gasteiger partial charge in [-0.15, -0.1) is 0 Å². The Morgan fingerprint density at radius 2 is 1.95 bits per heavy atom. The number of nitriles is 1. The van der Waals surface area contributed by atoms with E-state index in [0.29, 0.717) is 22.2 Å². The van der Waals surface area contributed by atoms with Gasteiger partial charge in [-0.05, 0) is 42.0 Å². The molecule has 2 aromatic carbocycles. The maximum atomic E-state index is 8.78. The predicted molar refractivity (Wildman–Crippen MR) is 82.6 cm³/mol. The third-order valence-electron chi connectivity index (χ3n) is 2.58. The Labute approximate surface area is 130 Å². The molecule has 0 heterocycles. The molecule has 0 aliphatic carbocycles. The number of anilines is 1. The summed E-state index contributed by atoms with van der Waals surface area (Å²) >= 11 is 15.5. The average molecular weight is 356 g/mol. The molecule has 0 amide bonds. The van der Waals surface area contributed by atoms with Crippen molar-refractivity contribution >= 4 is 44.8 Å². The molecule has 0 aliphatic heterocycles. The second kappa shape index (κ2) is 6.29. The number of nitrogens with one attached hydrogen (secondary N) is 1. The molecule has 2 nitrogen and oxygen atoms in total. The van der Waals surface area contributed by atoms with E-state index in [1.54, 1.807) is 18.2 Å².